The van der Waals surface area contributed by atoms with Gasteiger partial charge in [-0.15, -0.1) is 11.3 Å². The van der Waals surface area contributed by atoms with Crippen LogP contribution in [-0.2, 0) is 6.42 Å². The number of hydrogen-bond donors (Lipinski definition) is 1. The summed E-state index contributed by atoms with van der Waals surface area (Å²) in [6, 6.07) is 1.92. The van der Waals surface area contributed by atoms with E-state index in [2.05, 4.69) is 29.8 Å². The summed E-state index contributed by atoms with van der Waals surface area (Å²) in [5, 5.41) is 8.95. The zero-order valence-corrected chi connectivity index (χ0v) is 10.6. The molecule has 0 saturated carbocycles. The number of aromatic carboxylic acids is 1. The Morgan fingerprint density at radius 1 is 1.71 bits per heavy atom. The van der Waals surface area contributed by atoms with E-state index < -0.39 is 5.97 Å². The molecule has 0 fully saturated rings. The Hall–Kier alpha value is -0.350. The highest BCUT2D eigenvalue weighted by Gasteiger charge is 2.15. The quantitative estimate of drug-likeness (QED) is 0.908. The maximum absolute atomic E-state index is 10.9. The SMILES string of the molecule is CCC(C)Cc1cc(Br)sc1C(=O)O. The molecule has 78 valence electrons. The molecule has 0 aliphatic heterocycles. The second kappa shape index (κ2) is 4.94. The highest BCUT2D eigenvalue weighted by atomic mass is 79.9. The lowest BCUT2D eigenvalue weighted by atomic mass is 9.99. The van der Waals surface area contributed by atoms with E-state index in [-0.39, 0.29) is 0 Å². The standard InChI is InChI=1S/C10H13BrO2S/c1-3-6(2)4-7-5-8(11)14-9(7)10(12)13/h5-6H,3-4H2,1-2H3,(H,12,13). The summed E-state index contributed by atoms with van der Waals surface area (Å²) in [6.07, 6.45) is 1.92. The van der Waals surface area contributed by atoms with Crippen LogP contribution in [0.25, 0.3) is 0 Å². The molecule has 0 amide bonds. The number of carbonyl (C=O) groups is 1. The van der Waals surface area contributed by atoms with E-state index in [0.717, 1.165) is 22.2 Å². The molecule has 4 heteroatoms. The molecule has 0 radical (unpaired) electrons. The van der Waals surface area contributed by atoms with Crippen LogP contribution in [0.5, 0.6) is 0 Å². The van der Waals surface area contributed by atoms with Gasteiger partial charge in [0.05, 0.1) is 3.79 Å². The van der Waals surface area contributed by atoms with E-state index in [1.54, 1.807) is 0 Å². The number of hydrogen-bond acceptors (Lipinski definition) is 2. The number of carboxylic acid groups (broad SMARTS) is 1. The van der Waals surface area contributed by atoms with E-state index in [1.165, 1.54) is 11.3 Å². The first-order chi connectivity index (χ1) is 6.54. The predicted octanol–water partition coefficient (Wildman–Crippen LogP) is 3.80. The summed E-state index contributed by atoms with van der Waals surface area (Å²) in [6.45, 7) is 4.25. The lowest BCUT2D eigenvalue weighted by molar-refractivity contribution is 0.0701. The summed E-state index contributed by atoms with van der Waals surface area (Å²) < 4.78 is 0.896. The van der Waals surface area contributed by atoms with Crippen molar-refractivity contribution in [3.05, 3.63) is 20.3 Å². The Morgan fingerprint density at radius 2 is 2.36 bits per heavy atom. The van der Waals surface area contributed by atoms with E-state index in [9.17, 15) is 4.79 Å². The van der Waals surface area contributed by atoms with Crippen molar-refractivity contribution in [1.29, 1.82) is 0 Å². The smallest absolute Gasteiger partial charge is 0.346 e. The molecule has 1 heterocycles. The second-order valence-electron chi connectivity index (χ2n) is 3.43. The summed E-state index contributed by atoms with van der Waals surface area (Å²) in [5.41, 5.74) is 0.948. The first-order valence-corrected chi connectivity index (χ1v) is 6.17. The minimum atomic E-state index is -0.820. The van der Waals surface area contributed by atoms with Crippen molar-refractivity contribution in [2.45, 2.75) is 26.7 Å². The molecule has 0 spiro atoms. The summed E-state index contributed by atoms with van der Waals surface area (Å²) in [7, 11) is 0. The monoisotopic (exact) mass is 276 g/mol. The second-order valence-corrected chi connectivity index (χ2v) is 5.86. The molecule has 14 heavy (non-hydrogen) atoms. The maximum Gasteiger partial charge on any atom is 0.346 e. The summed E-state index contributed by atoms with van der Waals surface area (Å²) >= 11 is 4.61. The number of thiophene rings is 1. The Bertz CT molecular complexity index is 333. The minimum Gasteiger partial charge on any atom is -0.477 e. The number of halogens is 1. The predicted molar refractivity (Wildman–Crippen MR) is 62.1 cm³/mol. The average Bonchev–Trinajstić information content (AvgIpc) is 2.46. The van der Waals surface area contributed by atoms with Gasteiger partial charge < -0.3 is 5.11 Å². The fourth-order valence-corrected chi connectivity index (χ4v) is 2.77. The number of rotatable bonds is 4. The van der Waals surface area contributed by atoms with Crippen LogP contribution in [0.3, 0.4) is 0 Å². The fraction of sp³-hybridized carbons (Fsp3) is 0.500. The molecular formula is C10H13BrO2S. The largest absolute Gasteiger partial charge is 0.477 e. The maximum atomic E-state index is 10.9. The van der Waals surface area contributed by atoms with Gasteiger partial charge in [-0.05, 0) is 39.9 Å². The molecule has 1 aromatic rings. The molecule has 1 atom stereocenters. The Kier molecular flexibility index (Phi) is 4.13. The third-order valence-corrected chi connectivity index (χ3v) is 3.91. The Labute approximate surface area is 96.1 Å². The fourth-order valence-electron chi connectivity index (χ4n) is 1.25. The van der Waals surface area contributed by atoms with Crippen molar-refractivity contribution in [2.24, 2.45) is 5.92 Å². The zero-order valence-electron chi connectivity index (χ0n) is 8.21. The normalized spacial score (nSPS) is 12.8. The van der Waals surface area contributed by atoms with E-state index in [0.29, 0.717) is 10.8 Å². The van der Waals surface area contributed by atoms with Crippen LogP contribution in [-0.4, -0.2) is 11.1 Å². The minimum absolute atomic E-state index is 0.470. The lowest BCUT2D eigenvalue weighted by Gasteiger charge is -2.06. The van der Waals surface area contributed by atoms with Crippen molar-refractivity contribution in [2.75, 3.05) is 0 Å². The first-order valence-electron chi connectivity index (χ1n) is 4.56. The van der Waals surface area contributed by atoms with Gasteiger partial charge in [-0.3, -0.25) is 0 Å². The van der Waals surface area contributed by atoms with Crippen molar-refractivity contribution < 1.29 is 9.90 Å². The Balaban J connectivity index is 2.89. The van der Waals surface area contributed by atoms with Crippen molar-refractivity contribution >= 4 is 33.2 Å². The van der Waals surface area contributed by atoms with Gasteiger partial charge in [0, 0.05) is 0 Å². The molecule has 2 nitrogen and oxygen atoms in total. The lowest BCUT2D eigenvalue weighted by Crippen LogP contribution is -2.02. The van der Waals surface area contributed by atoms with E-state index in [1.807, 2.05) is 6.07 Å². The van der Waals surface area contributed by atoms with E-state index >= 15 is 0 Å². The third-order valence-electron chi connectivity index (χ3n) is 2.24. The molecule has 1 rings (SSSR count). The van der Waals surface area contributed by atoms with Crippen LogP contribution in [0.15, 0.2) is 9.85 Å². The van der Waals surface area contributed by atoms with Gasteiger partial charge >= 0.3 is 5.97 Å². The van der Waals surface area contributed by atoms with Crippen LogP contribution in [0.1, 0.15) is 35.5 Å². The molecule has 0 aliphatic rings. The van der Waals surface area contributed by atoms with Crippen LogP contribution in [0.4, 0.5) is 0 Å². The van der Waals surface area contributed by atoms with Gasteiger partial charge in [0.15, 0.2) is 0 Å². The summed E-state index contributed by atoms with van der Waals surface area (Å²) in [5.74, 6) is -0.284. The summed E-state index contributed by atoms with van der Waals surface area (Å²) in [4.78, 5) is 11.4. The van der Waals surface area contributed by atoms with Crippen molar-refractivity contribution in [3.8, 4) is 0 Å². The van der Waals surface area contributed by atoms with Crippen molar-refractivity contribution in [1.82, 2.24) is 0 Å². The zero-order chi connectivity index (χ0) is 10.7. The molecule has 0 bridgehead atoms. The van der Waals surface area contributed by atoms with Crippen LogP contribution in [0.2, 0.25) is 0 Å². The van der Waals surface area contributed by atoms with Gasteiger partial charge in [-0.25, -0.2) is 4.79 Å². The molecule has 0 aliphatic carbocycles. The van der Waals surface area contributed by atoms with Crippen LogP contribution < -0.4 is 0 Å². The van der Waals surface area contributed by atoms with Gasteiger partial charge in [-0.1, -0.05) is 20.3 Å². The number of carboxylic acids is 1. The first kappa shape index (κ1) is 11.7. The topological polar surface area (TPSA) is 37.3 Å². The highest BCUT2D eigenvalue weighted by Crippen LogP contribution is 2.29. The molecule has 1 N–H and O–H groups in total. The average molecular weight is 277 g/mol. The van der Waals surface area contributed by atoms with Gasteiger partial charge in [0.1, 0.15) is 4.88 Å². The molecule has 0 aromatic carbocycles. The van der Waals surface area contributed by atoms with Crippen molar-refractivity contribution in [3.63, 3.8) is 0 Å². The van der Waals surface area contributed by atoms with Crippen LogP contribution in [0, 0.1) is 5.92 Å². The molecular weight excluding hydrogens is 264 g/mol. The molecule has 0 saturated heterocycles. The van der Waals surface area contributed by atoms with Gasteiger partial charge in [-0.2, -0.15) is 0 Å². The Morgan fingerprint density at radius 3 is 2.86 bits per heavy atom. The van der Waals surface area contributed by atoms with Gasteiger partial charge in [0.2, 0.25) is 0 Å². The highest BCUT2D eigenvalue weighted by molar-refractivity contribution is 9.11. The van der Waals surface area contributed by atoms with E-state index in [4.69, 9.17) is 5.11 Å². The third kappa shape index (κ3) is 2.82. The van der Waals surface area contributed by atoms with Gasteiger partial charge in [0.25, 0.3) is 0 Å². The van der Waals surface area contributed by atoms with Crippen LogP contribution >= 0.6 is 27.3 Å². The molecule has 1 unspecified atom stereocenters. The molecule has 1 aromatic heterocycles.